The molecule has 0 heterocycles. The van der Waals surface area contributed by atoms with E-state index in [1.807, 2.05) is 0 Å². The van der Waals surface area contributed by atoms with Gasteiger partial charge >= 0.3 is 5.97 Å². The Morgan fingerprint density at radius 2 is 1.30 bits per heavy atom. The van der Waals surface area contributed by atoms with Crippen molar-refractivity contribution in [2.45, 2.75) is 6.04 Å². The predicted molar refractivity (Wildman–Crippen MR) is 84.1 cm³/mol. The van der Waals surface area contributed by atoms with Crippen LogP contribution in [-0.2, 0) is 4.79 Å². The molecule has 2 rings (SSSR count). The quantitative estimate of drug-likeness (QED) is 0.749. The molecule has 0 aliphatic heterocycles. The molecule has 6 nitrogen and oxygen atoms in total. The Morgan fingerprint density at radius 1 is 0.826 bits per heavy atom. The van der Waals surface area contributed by atoms with Crippen molar-refractivity contribution in [3.05, 3.63) is 71.8 Å². The molecule has 3 N–H and O–H groups in total. The Labute approximate surface area is 133 Å². The zero-order valence-corrected chi connectivity index (χ0v) is 12.2. The molecular formula is C17H16N2O4. The number of amides is 2. The summed E-state index contributed by atoms with van der Waals surface area (Å²) in [5.41, 5.74) is 0.777. The third-order valence-electron chi connectivity index (χ3n) is 3.14. The molecule has 0 radical (unpaired) electrons. The molecule has 1 atom stereocenters. The molecule has 0 bridgehead atoms. The molecule has 2 aromatic rings. The van der Waals surface area contributed by atoms with E-state index in [2.05, 4.69) is 10.6 Å². The third kappa shape index (κ3) is 4.67. The summed E-state index contributed by atoms with van der Waals surface area (Å²) < 4.78 is 0. The Bertz CT molecular complexity index is 686. The van der Waals surface area contributed by atoms with Crippen molar-refractivity contribution in [1.82, 2.24) is 10.6 Å². The highest BCUT2D eigenvalue weighted by Crippen LogP contribution is 2.00. The van der Waals surface area contributed by atoms with Crippen LogP contribution in [0.5, 0.6) is 0 Å². The minimum Gasteiger partial charge on any atom is -0.480 e. The molecule has 2 aromatic carbocycles. The van der Waals surface area contributed by atoms with Gasteiger partial charge in [0.25, 0.3) is 11.8 Å². The normalized spacial score (nSPS) is 11.3. The van der Waals surface area contributed by atoms with Crippen LogP contribution in [0.1, 0.15) is 20.7 Å². The lowest BCUT2D eigenvalue weighted by Gasteiger charge is -2.15. The van der Waals surface area contributed by atoms with Crippen molar-refractivity contribution in [2.24, 2.45) is 0 Å². The first-order valence-electron chi connectivity index (χ1n) is 7.00. The van der Waals surface area contributed by atoms with E-state index in [0.29, 0.717) is 11.1 Å². The van der Waals surface area contributed by atoms with Crippen molar-refractivity contribution in [3.63, 3.8) is 0 Å². The van der Waals surface area contributed by atoms with Crippen LogP contribution in [0.4, 0.5) is 0 Å². The van der Waals surface area contributed by atoms with E-state index < -0.39 is 23.8 Å². The van der Waals surface area contributed by atoms with Crippen LogP contribution in [0.3, 0.4) is 0 Å². The fourth-order valence-corrected chi connectivity index (χ4v) is 1.92. The van der Waals surface area contributed by atoms with E-state index in [1.165, 1.54) is 0 Å². The lowest BCUT2D eigenvalue weighted by Crippen LogP contribution is -2.48. The second-order valence-corrected chi connectivity index (χ2v) is 4.81. The van der Waals surface area contributed by atoms with Crippen molar-refractivity contribution >= 4 is 17.8 Å². The number of rotatable bonds is 6. The molecular weight excluding hydrogens is 296 g/mol. The minimum absolute atomic E-state index is 0.207. The Hall–Kier alpha value is -3.15. The minimum atomic E-state index is -1.22. The van der Waals surface area contributed by atoms with Crippen LogP contribution in [0.25, 0.3) is 0 Å². The molecule has 23 heavy (non-hydrogen) atoms. The van der Waals surface area contributed by atoms with Crippen LogP contribution in [0.2, 0.25) is 0 Å². The van der Waals surface area contributed by atoms with Gasteiger partial charge in [-0.1, -0.05) is 36.4 Å². The van der Waals surface area contributed by atoms with Gasteiger partial charge in [-0.3, -0.25) is 9.59 Å². The van der Waals surface area contributed by atoms with E-state index in [0.717, 1.165) is 0 Å². The molecule has 0 fully saturated rings. The second kappa shape index (κ2) is 7.74. The number of carbonyl (C=O) groups is 3. The van der Waals surface area contributed by atoms with E-state index in [-0.39, 0.29) is 6.54 Å². The Morgan fingerprint density at radius 3 is 1.78 bits per heavy atom. The number of hydrogen-bond acceptors (Lipinski definition) is 3. The van der Waals surface area contributed by atoms with E-state index in [4.69, 9.17) is 0 Å². The highest BCUT2D eigenvalue weighted by Gasteiger charge is 2.21. The van der Waals surface area contributed by atoms with Crippen LogP contribution >= 0.6 is 0 Å². The second-order valence-electron chi connectivity index (χ2n) is 4.81. The van der Waals surface area contributed by atoms with Crippen LogP contribution in [0, 0.1) is 0 Å². The van der Waals surface area contributed by atoms with Crippen LogP contribution in [-0.4, -0.2) is 35.5 Å². The molecule has 0 saturated carbocycles. The van der Waals surface area contributed by atoms with Gasteiger partial charge in [-0.15, -0.1) is 0 Å². The van der Waals surface area contributed by atoms with E-state index in [9.17, 15) is 19.5 Å². The predicted octanol–water partition coefficient (Wildman–Crippen LogP) is 1.30. The summed E-state index contributed by atoms with van der Waals surface area (Å²) >= 11 is 0. The highest BCUT2D eigenvalue weighted by atomic mass is 16.4. The molecule has 0 aromatic heterocycles. The van der Waals surface area contributed by atoms with E-state index >= 15 is 0 Å². The number of carboxylic acids is 1. The van der Waals surface area contributed by atoms with Gasteiger partial charge in [-0.25, -0.2) is 4.79 Å². The van der Waals surface area contributed by atoms with Crippen LogP contribution < -0.4 is 10.6 Å². The summed E-state index contributed by atoms with van der Waals surface area (Å²) in [5.74, 6) is -2.12. The third-order valence-corrected chi connectivity index (χ3v) is 3.14. The number of benzene rings is 2. The van der Waals surface area contributed by atoms with Crippen molar-refractivity contribution in [3.8, 4) is 0 Å². The summed E-state index contributed by atoms with van der Waals surface area (Å²) in [6.45, 7) is -0.207. The largest absolute Gasteiger partial charge is 0.480 e. The number of carbonyl (C=O) groups excluding carboxylic acids is 2. The number of nitrogens with one attached hydrogen (secondary N) is 2. The molecule has 0 aliphatic carbocycles. The molecule has 0 spiro atoms. The zero-order valence-electron chi connectivity index (χ0n) is 12.2. The average molecular weight is 312 g/mol. The highest BCUT2D eigenvalue weighted by molar-refractivity contribution is 5.97. The fraction of sp³-hybridized carbons (Fsp3) is 0.118. The first kappa shape index (κ1) is 16.2. The smallest absolute Gasteiger partial charge is 0.328 e. The number of hydrogen-bond donors (Lipinski definition) is 3. The van der Waals surface area contributed by atoms with E-state index in [1.54, 1.807) is 60.7 Å². The first-order chi connectivity index (χ1) is 11.1. The summed E-state index contributed by atoms with van der Waals surface area (Å²) in [7, 11) is 0. The Balaban J connectivity index is 1.96. The van der Waals surface area contributed by atoms with Crippen molar-refractivity contribution in [2.75, 3.05) is 6.54 Å². The molecule has 2 amide bonds. The summed E-state index contributed by atoms with van der Waals surface area (Å²) in [5, 5.41) is 14.1. The van der Waals surface area contributed by atoms with Gasteiger partial charge in [0.1, 0.15) is 6.04 Å². The van der Waals surface area contributed by atoms with Gasteiger partial charge < -0.3 is 15.7 Å². The fourth-order valence-electron chi connectivity index (χ4n) is 1.92. The summed E-state index contributed by atoms with van der Waals surface area (Å²) in [6.07, 6.45) is 0. The standard InChI is InChI=1S/C17H16N2O4/c20-15(12-7-3-1-4-8-12)18-11-14(17(22)23)19-16(21)13-9-5-2-6-10-13/h1-10,14H,11H2,(H,18,20)(H,19,21)(H,22,23)/t14-/m0/s1. The summed E-state index contributed by atoms with van der Waals surface area (Å²) in [4.78, 5) is 35.1. The maximum absolute atomic E-state index is 12.0. The van der Waals surface area contributed by atoms with Crippen molar-refractivity contribution in [1.29, 1.82) is 0 Å². The van der Waals surface area contributed by atoms with Gasteiger partial charge in [0, 0.05) is 17.7 Å². The maximum atomic E-state index is 12.0. The van der Waals surface area contributed by atoms with Crippen molar-refractivity contribution < 1.29 is 19.5 Å². The molecule has 0 unspecified atom stereocenters. The molecule has 118 valence electrons. The molecule has 6 heteroatoms. The molecule has 0 saturated heterocycles. The maximum Gasteiger partial charge on any atom is 0.328 e. The topological polar surface area (TPSA) is 95.5 Å². The van der Waals surface area contributed by atoms with Gasteiger partial charge in [0.15, 0.2) is 0 Å². The van der Waals surface area contributed by atoms with Gasteiger partial charge in [-0.2, -0.15) is 0 Å². The zero-order chi connectivity index (χ0) is 16.7. The lowest BCUT2D eigenvalue weighted by molar-refractivity contribution is -0.139. The van der Waals surface area contributed by atoms with Gasteiger partial charge in [-0.05, 0) is 24.3 Å². The number of aliphatic carboxylic acids is 1. The molecule has 0 aliphatic rings. The number of carboxylic acid groups (broad SMARTS) is 1. The summed E-state index contributed by atoms with van der Waals surface area (Å²) in [6, 6.07) is 15.5. The lowest BCUT2D eigenvalue weighted by atomic mass is 10.2. The van der Waals surface area contributed by atoms with Crippen LogP contribution in [0.15, 0.2) is 60.7 Å². The SMILES string of the molecule is O=C(NC[C@H](NC(=O)c1ccccc1)C(=O)O)c1ccccc1. The first-order valence-corrected chi connectivity index (χ1v) is 7.00. The van der Waals surface area contributed by atoms with Gasteiger partial charge in [0.2, 0.25) is 0 Å². The Kier molecular flexibility index (Phi) is 5.46. The monoisotopic (exact) mass is 312 g/mol. The average Bonchev–Trinajstić information content (AvgIpc) is 2.59. The van der Waals surface area contributed by atoms with Gasteiger partial charge in [0.05, 0.1) is 0 Å².